The second-order valence-electron chi connectivity index (χ2n) is 9.30. The van der Waals surface area contributed by atoms with E-state index >= 15 is 0 Å². The molecule has 1 amide bonds. The van der Waals surface area contributed by atoms with E-state index in [1.165, 1.54) is 12.8 Å². The first-order chi connectivity index (χ1) is 15.8. The zero-order valence-electron chi connectivity index (χ0n) is 19.1. The van der Waals surface area contributed by atoms with Crippen molar-refractivity contribution >= 4 is 34.9 Å². The molecule has 6 nitrogen and oxygen atoms in total. The van der Waals surface area contributed by atoms with Gasteiger partial charge in [0, 0.05) is 24.7 Å². The lowest BCUT2D eigenvalue weighted by Gasteiger charge is -2.27. The van der Waals surface area contributed by atoms with Gasteiger partial charge >= 0.3 is 0 Å². The van der Waals surface area contributed by atoms with Crippen LogP contribution in [0.15, 0.2) is 40.1 Å². The highest BCUT2D eigenvalue weighted by atomic mass is 35.5. The molecule has 1 N–H and O–H groups in total. The Bertz CT molecular complexity index is 1110. The molecule has 2 aromatic rings. The molecule has 176 valence electrons. The van der Waals surface area contributed by atoms with Gasteiger partial charge in [-0.15, -0.1) is 0 Å². The number of aromatic nitrogens is 1. The molecular weight excluding hydrogens is 459 g/mol. The summed E-state index contributed by atoms with van der Waals surface area (Å²) in [5.74, 6) is 1.14. The summed E-state index contributed by atoms with van der Waals surface area (Å²) in [6, 6.07) is 9.98. The van der Waals surface area contributed by atoms with Gasteiger partial charge in [-0.3, -0.25) is 19.5 Å². The van der Waals surface area contributed by atoms with Gasteiger partial charge in [-0.25, -0.2) is 0 Å². The van der Waals surface area contributed by atoms with Crippen molar-refractivity contribution in [2.75, 3.05) is 13.1 Å². The van der Waals surface area contributed by atoms with Crippen molar-refractivity contribution in [3.63, 3.8) is 0 Å². The summed E-state index contributed by atoms with van der Waals surface area (Å²) < 4.78 is 1.74. The molecule has 1 fully saturated rings. The van der Waals surface area contributed by atoms with Crippen LogP contribution in [0.1, 0.15) is 49.9 Å². The minimum Gasteiger partial charge on any atom is -0.309 e. The number of amidine groups is 1. The fourth-order valence-electron chi connectivity index (χ4n) is 4.74. The number of nitrogens with zero attached hydrogens (tertiary/aromatic N) is 3. The molecule has 2 aliphatic heterocycles. The summed E-state index contributed by atoms with van der Waals surface area (Å²) >= 11 is 12.8. The number of nitrogens with one attached hydrogen (secondary N) is 1. The van der Waals surface area contributed by atoms with Crippen molar-refractivity contribution in [2.45, 2.75) is 58.7 Å². The molecule has 0 saturated carbocycles. The number of likely N-dealkylation sites (tertiary alicyclic amines) is 1. The van der Waals surface area contributed by atoms with Gasteiger partial charge in [0.05, 0.1) is 10.7 Å². The lowest BCUT2D eigenvalue weighted by atomic mass is 10.0. The third kappa shape index (κ3) is 5.68. The van der Waals surface area contributed by atoms with E-state index in [2.05, 4.69) is 29.1 Å². The summed E-state index contributed by atoms with van der Waals surface area (Å²) in [5, 5.41) is 3.45. The zero-order valence-corrected chi connectivity index (χ0v) is 20.6. The van der Waals surface area contributed by atoms with Gasteiger partial charge in [0.25, 0.3) is 5.56 Å². The van der Waals surface area contributed by atoms with E-state index in [9.17, 15) is 9.59 Å². The van der Waals surface area contributed by atoms with Crippen molar-refractivity contribution < 1.29 is 4.79 Å². The van der Waals surface area contributed by atoms with Crippen molar-refractivity contribution in [3.05, 3.63) is 67.6 Å². The molecule has 0 bridgehead atoms. The molecule has 1 aromatic heterocycles. The predicted octanol–water partition coefficient (Wildman–Crippen LogP) is 4.28. The molecule has 0 aliphatic carbocycles. The van der Waals surface area contributed by atoms with Crippen LogP contribution >= 0.6 is 23.2 Å². The van der Waals surface area contributed by atoms with Crippen LogP contribution < -0.4 is 10.9 Å². The smallest absolute Gasteiger partial charge is 0.269 e. The number of amides is 1. The zero-order chi connectivity index (χ0) is 23.5. The molecule has 2 aliphatic rings. The quantitative estimate of drug-likeness (QED) is 0.602. The molecule has 3 heterocycles. The maximum Gasteiger partial charge on any atom is 0.269 e. The third-order valence-electron chi connectivity index (χ3n) is 6.39. The van der Waals surface area contributed by atoms with E-state index in [0.717, 1.165) is 29.8 Å². The molecule has 1 atom stereocenters. The summed E-state index contributed by atoms with van der Waals surface area (Å²) in [5.41, 5.74) is 2.59. The summed E-state index contributed by atoms with van der Waals surface area (Å²) in [6.07, 6.45) is 4.17. The molecule has 8 heteroatoms. The monoisotopic (exact) mass is 488 g/mol. The van der Waals surface area contributed by atoms with E-state index in [1.807, 2.05) is 24.3 Å². The van der Waals surface area contributed by atoms with Gasteiger partial charge in [-0.2, -0.15) is 0 Å². The van der Waals surface area contributed by atoms with E-state index in [1.54, 1.807) is 10.6 Å². The largest absolute Gasteiger partial charge is 0.309 e. The fraction of sp³-hybridized carbons (Fsp3) is 0.480. The topological polar surface area (TPSA) is 66.7 Å². The first-order valence-corrected chi connectivity index (χ1v) is 12.3. The number of pyridine rings is 1. The number of benzene rings is 1. The maximum absolute atomic E-state index is 13.0. The van der Waals surface area contributed by atoms with Crippen LogP contribution in [0.3, 0.4) is 0 Å². The standard InChI is InChI=1S/C25H30Cl2N4O2/c1-16(2)12-19-4-3-10-30(19)15-22-20(26)13-21(27)25(33)31(22)11-9-17-5-7-18(8-6-17)24-28-14-23(32)29-24/h5-8,13,16,19H,3-4,9-12,14-15H2,1-2H3,(H,28,29,32)/t19-/m1/s1. The third-order valence-corrected chi connectivity index (χ3v) is 6.99. The highest BCUT2D eigenvalue weighted by molar-refractivity contribution is 6.34. The van der Waals surface area contributed by atoms with Gasteiger partial charge < -0.3 is 9.88 Å². The minimum atomic E-state index is -0.199. The number of halogens is 2. The predicted molar refractivity (Wildman–Crippen MR) is 133 cm³/mol. The number of carbonyl (C=O) groups excluding carboxylic acids is 1. The normalized spacial score (nSPS) is 18.8. The average Bonchev–Trinajstić information content (AvgIpc) is 3.40. The fourth-order valence-corrected chi connectivity index (χ4v) is 5.27. The number of aliphatic imine (C=N–C) groups is 1. The Morgan fingerprint density at radius 2 is 1.91 bits per heavy atom. The van der Waals surface area contributed by atoms with Crippen LogP contribution in [0, 0.1) is 5.92 Å². The van der Waals surface area contributed by atoms with Crippen molar-refractivity contribution in [3.8, 4) is 0 Å². The number of rotatable bonds is 8. The first-order valence-electron chi connectivity index (χ1n) is 11.6. The number of aryl methyl sites for hydroxylation is 1. The first kappa shape index (κ1) is 24.0. The molecule has 0 spiro atoms. The maximum atomic E-state index is 13.0. The lowest BCUT2D eigenvalue weighted by Crippen LogP contribution is -2.34. The van der Waals surface area contributed by atoms with Crippen LogP contribution in [-0.4, -0.2) is 40.3 Å². The Kier molecular flexibility index (Phi) is 7.57. The van der Waals surface area contributed by atoms with Crippen LogP contribution in [-0.2, 0) is 24.3 Å². The van der Waals surface area contributed by atoms with E-state index in [0.29, 0.717) is 42.3 Å². The van der Waals surface area contributed by atoms with Crippen molar-refractivity contribution in [1.82, 2.24) is 14.8 Å². The molecule has 0 unspecified atom stereocenters. The summed E-state index contributed by atoms with van der Waals surface area (Å²) in [4.78, 5) is 31.0. The van der Waals surface area contributed by atoms with Crippen LogP contribution in [0.25, 0.3) is 0 Å². The van der Waals surface area contributed by atoms with E-state index in [4.69, 9.17) is 23.2 Å². The van der Waals surface area contributed by atoms with E-state index in [-0.39, 0.29) is 23.0 Å². The molecule has 1 saturated heterocycles. The van der Waals surface area contributed by atoms with Gasteiger partial charge in [-0.05, 0) is 49.8 Å². The van der Waals surface area contributed by atoms with E-state index < -0.39 is 0 Å². The molecule has 4 rings (SSSR count). The molecule has 33 heavy (non-hydrogen) atoms. The second-order valence-corrected chi connectivity index (χ2v) is 10.1. The Balaban J connectivity index is 1.51. The lowest BCUT2D eigenvalue weighted by molar-refractivity contribution is -0.117. The van der Waals surface area contributed by atoms with Crippen LogP contribution in [0.5, 0.6) is 0 Å². The Hall–Kier alpha value is -2.15. The SMILES string of the molecule is CC(C)C[C@H]1CCCN1Cc1c(Cl)cc(Cl)c(=O)n1CCc1ccc(C2=NCC(=O)N2)cc1. The van der Waals surface area contributed by atoms with Gasteiger partial charge in [0.2, 0.25) is 5.91 Å². The van der Waals surface area contributed by atoms with Gasteiger partial charge in [0.15, 0.2) is 0 Å². The van der Waals surface area contributed by atoms with Crippen molar-refractivity contribution in [2.24, 2.45) is 10.9 Å². The summed E-state index contributed by atoms with van der Waals surface area (Å²) in [6.45, 7) is 6.84. The molecule has 0 radical (unpaired) electrons. The summed E-state index contributed by atoms with van der Waals surface area (Å²) in [7, 11) is 0. The highest BCUT2D eigenvalue weighted by Gasteiger charge is 2.27. The Labute approximate surface area is 204 Å². The minimum absolute atomic E-state index is 0.0903. The van der Waals surface area contributed by atoms with Crippen molar-refractivity contribution in [1.29, 1.82) is 0 Å². The van der Waals surface area contributed by atoms with Crippen LogP contribution in [0.2, 0.25) is 10.0 Å². The highest BCUT2D eigenvalue weighted by Crippen LogP contribution is 2.28. The Morgan fingerprint density at radius 3 is 2.58 bits per heavy atom. The van der Waals surface area contributed by atoms with Gasteiger partial charge in [-0.1, -0.05) is 61.3 Å². The number of carbonyl (C=O) groups is 1. The molecule has 1 aromatic carbocycles. The second kappa shape index (κ2) is 10.4. The van der Waals surface area contributed by atoms with Crippen LogP contribution in [0.4, 0.5) is 0 Å². The molecular formula is C25H30Cl2N4O2. The average molecular weight is 489 g/mol. The Morgan fingerprint density at radius 1 is 1.15 bits per heavy atom. The van der Waals surface area contributed by atoms with Gasteiger partial charge in [0.1, 0.15) is 17.4 Å². The number of hydrogen-bond donors (Lipinski definition) is 1. The number of hydrogen-bond acceptors (Lipinski definition) is 4.